The van der Waals surface area contributed by atoms with E-state index in [0.717, 1.165) is 6.07 Å². The number of hydrogen-bond acceptors (Lipinski definition) is 5. The molecule has 20 heavy (non-hydrogen) atoms. The topological polar surface area (TPSA) is 85.9 Å². The maximum absolute atomic E-state index is 13.4. The van der Waals surface area contributed by atoms with Gasteiger partial charge in [0.25, 0.3) is 5.69 Å². The van der Waals surface area contributed by atoms with E-state index in [-0.39, 0.29) is 17.9 Å². The van der Waals surface area contributed by atoms with Crippen molar-refractivity contribution < 1.29 is 9.31 Å². The van der Waals surface area contributed by atoms with Gasteiger partial charge in [0.1, 0.15) is 17.8 Å². The average molecular weight is 279 g/mol. The standard InChI is InChI=1S/C12H14FN5O2/c1-3-17-7-15-16-12(17)6-14-10-4-8(2)9(13)5-11(10)18(19)20/h4-5,7,14H,3,6H2,1-2H3. The van der Waals surface area contributed by atoms with Crippen molar-refractivity contribution in [3.8, 4) is 0 Å². The van der Waals surface area contributed by atoms with E-state index in [9.17, 15) is 14.5 Å². The second-order valence-corrected chi connectivity index (χ2v) is 4.26. The summed E-state index contributed by atoms with van der Waals surface area (Å²) in [5, 5.41) is 21.5. The molecule has 0 saturated carbocycles. The minimum absolute atomic E-state index is 0.263. The highest BCUT2D eigenvalue weighted by Gasteiger charge is 2.17. The van der Waals surface area contributed by atoms with Crippen molar-refractivity contribution in [3.05, 3.63) is 45.8 Å². The van der Waals surface area contributed by atoms with Crippen LogP contribution < -0.4 is 5.32 Å². The fourth-order valence-electron chi connectivity index (χ4n) is 1.82. The molecule has 0 atom stereocenters. The highest BCUT2D eigenvalue weighted by Crippen LogP contribution is 2.27. The fourth-order valence-corrected chi connectivity index (χ4v) is 1.82. The molecule has 0 amide bonds. The Morgan fingerprint density at radius 1 is 1.50 bits per heavy atom. The van der Waals surface area contributed by atoms with Gasteiger partial charge in [0.2, 0.25) is 0 Å². The smallest absolute Gasteiger partial charge is 0.295 e. The van der Waals surface area contributed by atoms with E-state index in [2.05, 4.69) is 15.5 Å². The van der Waals surface area contributed by atoms with Gasteiger partial charge in [0, 0.05) is 6.54 Å². The largest absolute Gasteiger partial charge is 0.372 e. The summed E-state index contributed by atoms with van der Waals surface area (Å²) in [7, 11) is 0. The van der Waals surface area contributed by atoms with Crippen LogP contribution in [0.4, 0.5) is 15.8 Å². The first-order valence-electron chi connectivity index (χ1n) is 6.08. The predicted octanol–water partition coefficient (Wildman–Crippen LogP) is 2.27. The molecular weight excluding hydrogens is 265 g/mol. The number of benzene rings is 1. The quantitative estimate of drug-likeness (QED) is 0.670. The SMILES string of the molecule is CCn1cnnc1CNc1cc(C)c(F)cc1[N+](=O)[O-]. The molecule has 7 nitrogen and oxygen atoms in total. The maximum atomic E-state index is 13.4. The fraction of sp³-hybridized carbons (Fsp3) is 0.333. The summed E-state index contributed by atoms with van der Waals surface area (Å²) in [6, 6.07) is 2.34. The summed E-state index contributed by atoms with van der Waals surface area (Å²) in [6.07, 6.45) is 1.58. The van der Waals surface area contributed by atoms with Crippen molar-refractivity contribution in [2.24, 2.45) is 0 Å². The molecule has 0 spiro atoms. The summed E-state index contributed by atoms with van der Waals surface area (Å²) >= 11 is 0. The van der Waals surface area contributed by atoms with Gasteiger partial charge in [-0.1, -0.05) is 0 Å². The lowest BCUT2D eigenvalue weighted by Gasteiger charge is -2.09. The summed E-state index contributed by atoms with van der Waals surface area (Å²) in [5.41, 5.74) is 0.310. The number of hydrogen-bond donors (Lipinski definition) is 1. The lowest BCUT2D eigenvalue weighted by Crippen LogP contribution is -2.09. The second kappa shape index (κ2) is 5.64. The molecule has 0 aliphatic carbocycles. The number of nitrogens with one attached hydrogen (secondary N) is 1. The zero-order valence-electron chi connectivity index (χ0n) is 11.1. The molecule has 0 aliphatic rings. The van der Waals surface area contributed by atoms with Gasteiger partial charge in [-0.2, -0.15) is 0 Å². The molecule has 1 aromatic heterocycles. The number of rotatable bonds is 5. The Morgan fingerprint density at radius 3 is 2.90 bits per heavy atom. The molecule has 8 heteroatoms. The van der Waals surface area contributed by atoms with Crippen LogP contribution in [0.1, 0.15) is 18.3 Å². The molecule has 0 unspecified atom stereocenters. The zero-order valence-corrected chi connectivity index (χ0v) is 11.1. The van der Waals surface area contributed by atoms with E-state index in [0.29, 0.717) is 17.9 Å². The van der Waals surface area contributed by atoms with Crippen LogP contribution in [0.2, 0.25) is 0 Å². The van der Waals surface area contributed by atoms with Crippen LogP contribution in [0.3, 0.4) is 0 Å². The average Bonchev–Trinajstić information content (AvgIpc) is 2.86. The highest BCUT2D eigenvalue weighted by atomic mass is 19.1. The normalized spacial score (nSPS) is 10.6. The summed E-state index contributed by atoms with van der Waals surface area (Å²) in [5.74, 6) is 0.0581. The Morgan fingerprint density at radius 2 is 2.25 bits per heavy atom. The maximum Gasteiger partial charge on any atom is 0.295 e. The number of aryl methyl sites for hydroxylation is 2. The first kappa shape index (κ1) is 13.9. The van der Waals surface area contributed by atoms with Gasteiger partial charge in [-0.15, -0.1) is 10.2 Å². The third-order valence-corrected chi connectivity index (χ3v) is 2.95. The molecule has 2 rings (SSSR count). The molecule has 1 aromatic carbocycles. The van der Waals surface area contributed by atoms with Crippen molar-refractivity contribution in [1.82, 2.24) is 14.8 Å². The van der Waals surface area contributed by atoms with Crippen molar-refractivity contribution in [3.63, 3.8) is 0 Å². The molecule has 0 radical (unpaired) electrons. The molecular formula is C12H14FN5O2. The summed E-state index contributed by atoms with van der Waals surface area (Å²) in [4.78, 5) is 10.3. The van der Waals surface area contributed by atoms with Crippen LogP contribution in [0.15, 0.2) is 18.5 Å². The van der Waals surface area contributed by atoms with E-state index in [1.807, 2.05) is 11.5 Å². The Labute approximate surface area is 114 Å². The van der Waals surface area contributed by atoms with Gasteiger partial charge in [0.05, 0.1) is 17.5 Å². The Balaban J connectivity index is 2.25. The van der Waals surface area contributed by atoms with Crippen LogP contribution in [0, 0.1) is 22.9 Å². The van der Waals surface area contributed by atoms with E-state index < -0.39 is 10.7 Å². The van der Waals surface area contributed by atoms with Crippen molar-refractivity contribution in [1.29, 1.82) is 0 Å². The Kier molecular flexibility index (Phi) is 3.92. The first-order valence-corrected chi connectivity index (χ1v) is 6.08. The van der Waals surface area contributed by atoms with Gasteiger partial charge in [-0.3, -0.25) is 10.1 Å². The molecule has 1 heterocycles. The highest BCUT2D eigenvalue weighted by molar-refractivity contribution is 5.63. The van der Waals surface area contributed by atoms with Gasteiger partial charge in [0.15, 0.2) is 5.82 Å². The van der Waals surface area contributed by atoms with Crippen LogP contribution in [-0.2, 0) is 13.1 Å². The number of aromatic nitrogens is 3. The molecule has 0 bridgehead atoms. The molecule has 106 valence electrons. The molecule has 0 aliphatic heterocycles. The minimum Gasteiger partial charge on any atom is -0.372 e. The number of anilines is 1. The minimum atomic E-state index is -0.616. The number of nitro groups is 1. The van der Waals surface area contributed by atoms with E-state index in [1.165, 1.54) is 6.07 Å². The van der Waals surface area contributed by atoms with Crippen LogP contribution in [0.25, 0.3) is 0 Å². The number of halogens is 1. The Bertz CT molecular complexity index is 641. The first-order chi connectivity index (χ1) is 9.52. The lowest BCUT2D eigenvalue weighted by molar-refractivity contribution is -0.384. The summed E-state index contributed by atoms with van der Waals surface area (Å²) in [6.45, 7) is 4.48. The third-order valence-electron chi connectivity index (χ3n) is 2.95. The molecule has 2 aromatic rings. The van der Waals surface area contributed by atoms with E-state index in [4.69, 9.17) is 0 Å². The molecule has 0 saturated heterocycles. The number of nitrogens with zero attached hydrogens (tertiary/aromatic N) is 4. The van der Waals surface area contributed by atoms with Gasteiger partial charge < -0.3 is 9.88 Å². The monoisotopic (exact) mass is 279 g/mol. The molecule has 1 N–H and O–H groups in total. The van der Waals surface area contributed by atoms with Crippen LogP contribution >= 0.6 is 0 Å². The lowest BCUT2D eigenvalue weighted by atomic mass is 10.2. The zero-order chi connectivity index (χ0) is 14.7. The van der Waals surface area contributed by atoms with Gasteiger partial charge >= 0.3 is 0 Å². The predicted molar refractivity (Wildman–Crippen MR) is 70.8 cm³/mol. The van der Waals surface area contributed by atoms with Crippen molar-refractivity contribution >= 4 is 11.4 Å². The van der Waals surface area contributed by atoms with Crippen LogP contribution in [-0.4, -0.2) is 19.7 Å². The third kappa shape index (κ3) is 2.73. The van der Waals surface area contributed by atoms with Crippen LogP contribution in [0.5, 0.6) is 0 Å². The van der Waals surface area contributed by atoms with Crippen molar-refractivity contribution in [2.75, 3.05) is 5.32 Å². The van der Waals surface area contributed by atoms with E-state index >= 15 is 0 Å². The van der Waals surface area contributed by atoms with E-state index in [1.54, 1.807) is 13.3 Å². The molecule has 0 fully saturated rings. The summed E-state index contributed by atoms with van der Waals surface area (Å²) < 4.78 is 15.2. The van der Waals surface area contributed by atoms with Gasteiger partial charge in [-0.05, 0) is 25.5 Å². The van der Waals surface area contributed by atoms with Gasteiger partial charge in [-0.25, -0.2) is 4.39 Å². The Hall–Kier alpha value is -2.51. The van der Waals surface area contributed by atoms with Crippen molar-refractivity contribution in [2.45, 2.75) is 26.9 Å². The number of nitro benzene ring substituents is 1. The second-order valence-electron chi connectivity index (χ2n) is 4.26.